The minimum Gasteiger partial charge on any atom is -0.277 e. The molecule has 2 rings (SSSR count). The Balaban J connectivity index is 2.17. The van der Waals surface area contributed by atoms with Crippen LogP contribution in [0.3, 0.4) is 0 Å². The summed E-state index contributed by atoms with van der Waals surface area (Å²) in [7, 11) is 1.68. The molecule has 2 heterocycles. The van der Waals surface area contributed by atoms with Crippen LogP contribution in [0, 0.1) is 5.92 Å². The minimum absolute atomic E-state index is 0.0386. The summed E-state index contributed by atoms with van der Waals surface area (Å²) in [4.78, 5) is 39.3. The van der Waals surface area contributed by atoms with E-state index in [2.05, 4.69) is 15.4 Å². The molecule has 1 aliphatic rings. The molecule has 0 saturated carbocycles. The quantitative estimate of drug-likeness (QED) is 0.667. The first-order chi connectivity index (χ1) is 7.99. The summed E-state index contributed by atoms with van der Waals surface area (Å²) in [5, 5.41) is 6.07. The number of nitrogens with one attached hydrogen (secondary N) is 1. The highest BCUT2D eigenvalue weighted by Crippen LogP contribution is 2.11. The maximum Gasteiger partial charge on any atom is 0.331 e. The summed E-state index contributed by atoms with van der Waals surface area (Å²) in [6.45, 7) is 1.41. The summed E-state index contributed by atoms with van der Waals surface area (Å²) in [5.74, 6) is -1.63. The van der Waals surface area contributed by atoms with Crippen LogP contribution in [0.2, 0.25) is 0 Å². The SMILES string of the molecule is CC1C(=O)NC(=O)N(Cc2ncn(C)n2)C1=O. The maximum atomic E-state index is 11.7. The number of amides is 4. The summed E-state index contributed by atoms with van der Waals surface area (Å²) < 4.78 is 1.47. The molecule has 0 radical (unpaired) electrons. The third-order valence-corrected chi connectivity index (χ3v) is 2.45. The number of carbonyl (C=O) groups is 3. The average Bonchev–Trinajstić information content (AvgIpc) is 2.67. The Morgan fingerprint density at radius 1 is 1.41 bits per heavy atom. The van der Waals surface area contributed by atoms with Gasteiger partial charge < -0.3 is 0 Å². The monoisotopic (exact) mass is 237 g/mol. The number of imide groups is 2. The van der Waals surface area contributed by atoms with E-state index in [1.807, 2.05) is 0 Å². The summed E-state index contributed by atoms with van der Waals surface area (Å²) >= 11 is 0. The van der Waals surface area contributed by atoms with Gasteiger partial charge in [-0.1, -0.05) is 0 Å². The van der Waals surface area contributed by atoms with Crippen molar-refractivity contribution in [3.63, 3.8) is 0 Å². The van der Waals surface area contributed by atoms with Crippen molar-refractivity contribution < 1.29 is 14.4 Å². The van der Waals surface area contributed by atoms with E-state index >= 15 is 0 Å². The molecule has 1 atom stereocenters. The molecule has 1 aromatic rings. The molecular formula is C9H11N5O3. The lowest BCUT2D eigenvalue weighted by Gasteiger charge is -2.27. The van der Waals surface area contributed by atoms with E-state index in [9.17, 15) is 14.4 Å². The number of barbiturate groups is 1. The van der Waals surface area contributed by atoms with Crippen molar-refractivity contribution in [2.24, 2.45) is 13.0 Å². The Labute approximate surface area is 96.6 Å². The number of aromatic nitrogens is 3. The largest absolute Gasteiger partial charge is 0.331 e. The fraction of sp³-hybridized carbons (Fsp3) is 0.444. The number of urea groups is 1. The molecule has 0 aliphatic carbocycles. The van der Waals surface area contributed by atoms with Crippen LogP contribution < -0.4 is 5.32 Å². The van der Waals surface area contributed by atoms with Crippen LogP contribution in [-0.2, 0) is 23.2 Å². The van der Waals surface area contributed by atoms with Crippen LogP contribution in [0.1, 0.15) is 12.7 Å². The van der Waals surface area contributed by atoms with Crippen molar-refractivity contribution in [2.45, 2.75) is 13.5 Å². The zero-order chi connectivity index (χ0) is 12.6. The summed E-state index contributed by atoms with van der Waals surface area (Å²) in [5.41, 5.74) is 0. The first-order valence-electron chi connectivity index (χ1n) is 4.99. The van der Waals surface area contributed by atoms with Crippen LogP contribution in [0.25, 0.3) is 0 Å². The van der Waals surface area contributed by atoms with Gasteiger partial charge in [-0.05, 0) is 6.92 Å². The Hall–Kier alpha value is -2.25. The number of hydrogen-bond donors (Lipinski definition) is 1. The van der Waals surface area contributed by atoms with Crippen LogP contribution in [-0.4, -0.2) is 37.5 Å². The fourth-order valence-electron chi connectivity index (χ4n) is 1.47. The molecule has 1 aliphatic heterocycles. The fourth-order valence-corrected chi connectivity index (χ4v) is 1.47. The number of rotatable bonds is 2. The van der Waals surface area contributed by atoms with Gasteiger partial charge in [0.1, 0.15) is 12.2 Å². The Bertz CT molecular complexity index is 495. The van der Waals surface area contributed by atoms with Crippen molar-refractivity contribution in [3.8, 4) is 0 Å². The van der Waals surface area contributed by atoms with Gasteiger partial charge in [0.15, 0.2) is 5.82 Å². The number of nitrogens with zero attached hydrogens (tertiary/aromatic N) is 4. The van der Waals surface area contributed by atoms with Gasteiger partial charge in [-0.25, -0.2) is 9.78 Å². The van der Waals surface area contributed by atoms with Crippen LogP contribution >= 0.6 is 0 Å². The van der Waals surface area contributed by atoms with E-state index < -0.39 is 23.8 Å². The second kappa shape index (κ2) is 3.96. The van der Waals surface area contributed by atoms with Gasteiger partial charge >= 0.3 is 6.03 Å². The van der Waals surface area contributed by atoms with Crippen molar-refractivity contribution in [2.75, 3.05) is 0 Å². The first-order valence-corrected chi connectivity index (χ1v) is 4.99. The molecule has 0 bridgehead atoms. The minimum atomic E-state index is -0.864. The van der Waals surface area contributed by atoms with Crippen molar-refractivity contribution in [3.05, 3.63) is 12.2 Å². The van der Waals surface area contributed by atoms with E-state index in [0.29, 0.717) is 5.82 Å². The first kappa shape index (κ1) is 11.2. The lowest BCUT2D eigenvalue weighted by Crippen LogP contribution is -2.56. The molecule has 90 valence electrons. The molecule has 1 fully saturated rings. The number of hydrogen-bond acceptors (Lipinski definition) is 5. The van der Waals surface area contributed by atoms with Gasteiger partial charge in [0, 0.05) is 7.05 Å². The molecule has 1 unspecified atom stereocenters. The molecule has 1 aromatic heterocycles. The number of aryl methyl sites for hydroxylation is 1. The summed E-state index contributed by atoms with van der Waals surface area (Å²) in [6.07, 6.45) is 1.47. The maximum absolute atomic E-state index is 11.7. The normalized spacial score (nSPS) is 20.7. The number of carbonyl (C=O) groups excluding carboxylic acids is 3. The molecule has 0 spiro atoms. The highest BCUT2D eigenvalue weighted by Gasteiger charge is 2.37. The standard InChI is InChI=1S/C9H11N5O3/c1-5-7(15)11-9(17)14(8(5)16)3-6-10-4-13(2)12-6/h4-5H,3H2,1-2H3,(H,11,15,17). The molecule has 0 aromatic carbocycles. The predicted octanol–water partition coefficient (Wildman–Crippen LogP) is -0.970. The average molecular weight is 237 g/mol. The van der Waals surface area contributed by atoms with Gasteiger partial charge in [-0.2, -0.15) is 5.10 Å². The zero-order valence-corrected chi connectivity index (χ0v) is 9.38. The topological polar surface area (TPSA) is 97.2 Å². The van der Waals surface area contributed by atoms with Crippen molar-refractivity contribution in [1.82, 2.24) is 25.0 Å². The van der Waals surface area contributed by atoms with E-state index in [4.69, 9.17) is 0 Å². The van der Waals surface area contributed by atoms with E-state index in [1.54, 1.807) is 7.05 Å². The highest BCUT2D eigenvalue weighted by atomic mass is 16.2. The molecule has 4 amide bonds. The third-order valence-electron chi connectivity index (χ3n) is 2.45. The lowest BCUT2D eigenvalue weighted by atomic mass is 10.1. The van der Waals surface area contributed by atoms with E-state index in [-0.39, 0.29) is 6.54 Å². The highest BCUT2D eigenvalue weighted by molar-refractivity contribution is 6.15. The van der Waals surface area contributed by atoms with Crippen molar-refractivity contribution >= 4 is 17.8 Å². The van der Waals surface area contributed by atoms with Gasteiger partial charge in [-0.15, -0.1) is 0 Å². The molecule has 1 N–H and O–H groups in total. The van der Waals surface area contributed by atoms with Gasteiger partial charge in [-0.3, -0.25) is 24.5 Å². The second-order valence-corrected chi connectivity index (χ2v) is 3.77. The van der Waals surface area contributed by atoms with Gasteiger partial charge in [0.05, 0.1) is 6.54 Å². The Morgan fingerprint density at radius 2 is 2.12 bits per heavy atom. The summed E-state index contributed by atoms with van der Waals surface area (Å²) in [6, 6.07) is -0.731. The molecule has 1 saturated heterocycles. The molecule has 8 heteroatoms. The van der Waals surface area contributed by atoms with Crippen molar-refractivity contribution in [1.29, 1.82) is 0 Å². The van der Waals surface area contributed by atoms with Gasteiger partial charge in [0.2, 0.25) is 11.8 Å². The Kier molecular flexibility index (Phi) is 2.62. The smallest absolute Gasteiger partial charge is 0.277 e. The second-order valence-electron chi connectivity index (χ2n) is 3.77. The van der Waals surface area contributed by atoms with Crippen LogP contribution in [0.15, 0.2) is 6.33 Å². The third kappa shape index (κ3) is 2.01. The molecular weight excluding hydrogens is 226 g/mol. The Morgan fingerprint density at radius 3 is 2.71 bits per heavy atom. The van der Waals surface area contributed by atoms with Crippen LogP contribution in [0.4, 0.5) is 4.79 Å². The lowest BCUT2D eigenvalue weighted by molar-refractivity contribution is -0.142. The molecule has 17 heavy (non-hydrogen) atoms. The van der Waals surface area contributed by atoms with E-state index in [0.717, 1.165) is 4.90 Å². The molecule has 8 nitrogen and oxygen atoms in total. The zero-order valence-electron chi connectivity index (χ0n) is 9.38. The van der Waals surface area contributed by atoms with E-state index in [1.165, 1.54) is 17.9 Å². The van der Waals surface area contributed by atoms with Gasteiger partial charge in [0.25, 0.3) is 0 Å². The van der Waals surface area contributed by atoms with Crippen LogP contribution in [0.5, 0.6) is 0 Å². The predicted molar refractivity (Wildman–Crippen MR) is 54.3 cm³/mol.